The zero-order chi connectivity index (χ0) is 17.9. The first kappa shape index (κ1) is 20.4. The summed E-state index contributed by atoms with van der Waals surface area (Å²) < 4.78 is 0. The largest absolute Gasteiger partial charge is 0.347 e. The van der Waals surface area contributed by atoms with Gasteiger partial charge >= 0.3 is 0 Å². The molecule has 1 fully saturated rings. The fraction of sp³-hybridized carbons (Fsp3) is 0.824. The molecule has 1 heterocycles. The SMILES string of the molecule is CCCC(=O)NCC(=O)N1CCCN(CC(=O)N(CC)CC)CC1. The van der Waals surface area contributed by atoms with E-state index in [0.717, 1.165) is 32.5 Å². The van der Waals surface area contributed by atoms with Gasteiger partial charge in [0.05, 0.1) is 13.1 Å². The van der Waals surface area contributed by atoms with Crippen molar-refractivity contribution in [1.29, 1.82) is 0 Å². The lowest BCUT2D eigenvalue weighted by molar-refractivity contribution is -0.133. The van der Waals surface area contributed by atoms with Crippen LogP contribution in [-0.2, 0) is 14.4 Å². The summed E-state index contributed by atoms with van der Waals surface area (Å²) in [6, 6.07) is 0. The number of nitrogens with zero attached hydrogens (tertiary/aromatic N) is 3. The van der Waals surface area contributed by atoms with Crippen LogP contribution in [0.2, 0.25) is 0 Å². The monoisotopic (exact) mass is 340 g/mol. The highest BCUT2D eigenvalue weighted by molar-refractivity contribution is 5.84. The summed E-state index contributed by atoms with van der Waals surface area (Å²) in [5, 5.41) is 2.67. The lowest BCUT2D eigenvalue weighted by Crippen LogP contribution is -2.43. The van der Waals surface area contributed by atoms with Crippen LogP contribution in [0.15, 0.2) is 0 Å². The topological polar surface area (TPSA) is 73.0 Å². The van der Waals surface area contributed by atoms with Gasteiger partial charge in [0.15, 0.2) is 0 Å². The Morgan fingerprint density at radius 3 is 2.33 bits per heavy atom. The molecule has 0 unspecified atom stereocenters. The summed E-state index contributed by atoms with van der Waals surface area (Å²) in [6.45, 7) is 10.6. The highest BCUT2D eigenvalue weighted by Crippen LogP contribution is 2.04. The second-order valence-electron chi connectivity index (χ2n) is 6.10. The van der Waals surface area contributed by atoms with Crippen molar-refractivity contribution in [3.63, 3.8) is 0 Å². The maximum absolute atomic E-state index is 12.2. The molecule has 3 amide bonds. The third kappa shape index (κ3) is 6.86. The molecule has 24 heavy (non-hydrogen) atoms. The molecule has 0 saturated carbocycles. The predicted octanol–water partition coefficient (Wildman–Crippen LogP) is 0.305. The van der Waals surface area contributed by atoms with Gasteiger partial charge in [0.1, 0.15) is 0 Å². The van der Waals surface area contributed by atoms with Crippen molar-refractivity contribution in [1.82, 2.24) is 20.0 Å². The Balaban J connectivity index is 2.40. The number of likely N-dealkylation sites (N-methyl/N-ethyl adjacent to an activating group) is 1. The Hall–Kier alpha value is -1.63. The zero-order valence-corrected chi connectivity index (χ0v) is 15.3. The molecule has 0 aliphatic carbocycles. The Bertz CT molecular complexity index is 424. The Morgan fingerprint density at radius 2 is 1.71 bits per heavy atom. The fourth-order valence-corrected chi connectivity index (χ4v) is 2.85. The van der Waals surface area contributed by atoms with E-state index in [1.807, 2.05) is 25.7 Å². The molecule has 1 saturated heterocycles. The average molecular weight is 340 g/mol. The molecule has 7 nitrogen and oxygen atoms in total. The van der Waals surface area contributed by atoms with Crippen molar-refractivity contribution in [3.8, 4) is 0 Å². The molecule has 0 aromatic carbocycles. The second-order valence-corrected chi connectivity index (χ2v) is 6.10. The molecule has 1 aliphatic heterocycles. The Kier molecular flexibility index (Phi) is 9.37. The van der Waals surface area contributed by atoms with Crippen molar-refractivity contribution in [3.05, 3.63) is 0 Å². The molecule has 0 radical (unpaired) electrons. The summed E-state index contributed by atoms with van der Waals surface area (Å²) in [4.78, 5) is 41.6. The van der Waals surface area contributed by atoms with E-state index < -0.39 is 0 Å². The van der Waals surface area contributed by atoms with Gasteiger partial charge < -0.3 is 15.1 Å². The van der Waals surface area contributed by atoms with Crippen molar-refractivity contribution < 1.29 is 14.4 Å². The maximum atomic E-state index is 12.2. The zero-order valence-electron chi connectivity index (χ0n) is 15.3. The van der Waals surface area contributed by atoms with E-state index in [-0.39, 0.29) is 24.3 Å². The minimum Gasteiger partial charge on any atom is -0.347 e. The summed E-state index contributed by atoms with van der Waals surface area (Å²) in [6.07, 6.45) is 2.08. The average Bonchev–Trinajstić information content (AvgIpc) is 2.79. The van der Waals surface area contributed by atoms with Gasteiger partial charge in [-0.15, -0.1) is 0 Å². The van der Waals surface area contributed by atoms with Gasteiger partial charge in [0.25, 0.3) is 0 Å². The number of hydrogen-bond donors (Lipinski definition) is 1. The smallest absolute Gasteiger partial charge is 0.242 e. The Labute approximate surface area is 145 Å². The van der Waals surface area contributed by atoms with Crippen molar-refractivity contribution >= 4 is 17.7 Å². The van der Waals surface area contributed by atoms with Gasteiger partial charge in [0.2, 0.25) is 17.7 Å². The lowest BCUT2D eigenvalue weighted by atomic mass is 10.3. The van der Waals surface area contributed by atoms with Crippen molar-refractivity contribution in [2.24, 2.45) is 0 Å². The highest BCUT2D eigenvalue weighted by Gasteiger charge is 2.21. The van der Waals surface area contributed by atoms with E-state index in [4.69, 9.17) is 0 Å². The molecule has 138 valence electrons. The summed E-state index contributed by atoms with van der Waals surface area (Å²) in [5.41, 5.74) is 0. The van der Waals surface area contributed by atoms with Gasteiger partial charge in [-0.25, -0.2) is 0 Å². The minimum absolute atomic E-state index is 0.0450. The molecule has 0 atom stereocenters. The van der Waals surface area contributed by atoms with Crippen LogP contribution in [-0.4, -0.2) is 84.8 Å². The van der Waals surface area contributed by atoms with Crippen LogP contribution in [0.3, 0.4) is 0 Å². The van der Waals surface area contributed by atoms with Crippen LogP contribution in [0.4, 0.5) is 0 Å². The standard InChI is InChI=1S/C17H32N4O3/c1-4-8-15(22)18-13-16(23)21-10-7-9-19(11-12-21)14-17(24)20(5-2)6-3/h4-14H2,1-3H3,(H,18,22). The summed E-state index contributed by atoms with van der Waals surface area (Å²) in [5.74, 6) is 0.0232. The van der Waals surface area contributed by atoms with Gasteiger partial charge in [-0.3, -0.25) is 19.3 Å². The molecule has 0 aromatic rings. The first-order valence-corrected chi connectivity index (χ1v) is 9.06. The number of hydrogen-bond acceptors (Lipinski definition) is 4. The lowest BCUT2D eigenvalue weighted by Gasteiger charge is -2.25. The highest BCUT2D eigenvalue weighted by atomic mass is 16.2. The molecule has 0 spiro atoms. The molecular formula is C17H32N4O3. The summed E-state index contributed by atoms with van der Waals surface area (Å²) in [7, 11) is 0. The Morgan fingerprint density at radius 1 is 1.00 bits per heavy atom. The predicted molar refractivity (Wildman–Crippen MR) is 93.5 cm³/mol. The van der Waals surface area contributed by atoms with E-state index >= 15 is 0 Å². The maximum Gasteiger partial charge on any atom is 0.242 e. The van der Waals surface area contributed by atoms with E-state index in [9.17, 15) is 14.4 Å². The van der Waals surface area contributed by atoms with Crippen LogP contribution >= 0.6 is 0 Å². The van der Waals surface area contributed by atoms with Crippen molar-refractivity contribution in [2.45, 2.75) is 40.0 Å². The number of carbonyl (C=O) groups excluding carboxylic acids is 3. The fourth-order valence-electron chi connectivity index (χ4n) is 2.85. The normalized spacial score (nSPS) is 15.7. The van der Waals surface area contributed by atoms with Crippen LogP contribution in [0.5, 0.6) is 0 Å². The minimum atomic E-state index is -0.0767. The number of nitrogens with one attached hydrogen (secondary N) is 1. The third-order valence-electron chi connectivity index (χ3n) is 4.33. The van der Waals surface area contributed by atoms with Gasteiger partial charge in [-0.05, 0) is 26.7 Å². The second kappa shape index (κ2) is 11.0. The van der Waals surface area contributed by atoms with E-state index in [1.165, 1.54) is 0 Å². The van der Waals surface area contributed by atoms with Crippen LogP contribution in [0.25, 0.3) is 0 Å². The summed E-state index contributed by atoms with van der Waals surface area (Å²) >= 11 is 0. The van der Waals surface area contributed by atoms with Gasteiger partial charge in [-0.1, -0.05) is 6.92 Å². The van der Waals surface area contributed by atoms with Crippen LogP contribution < -0.4 is 5.32 Å². The molecule has 1 aliphatic rings. The van der Waals surface area contributed by atoms with Gasteiger partial charge in [0, 0.05) is 45.7 Å². The number of rotatable bonds is 8. The van der Waals surface area contributed by atoms with Crippen LogP contribution in [0.1, 0.15) is 40.0 Å². The third-order valence-corrected chi connectivity index (χ3v) is 4.33. The first-order chi connectivity index (χ1) is 11.5. The number of carbonyl (C=O) groups is 3. The molecule has 1 rings (SSSR count). The molecular weight excluding hydrogens is 308 g/mol. The van der Waals surface area contributed by atoms with E-state index in [0.29, 0.717) is 32.6 Å². The molecule has 0 bridgehead atoms. The van der Waals surface area contributed by atoms with Crippen LogP contribution in [0, 0.1) is 0 Å². The van der Waals surface area contributed by atoms with Gasteiger partial charge in [-0.2, -0.15) is 0 Å². The van der Waals surface area contributed by atoms with E-state index in [1.54, 1.807) is 4.90 Å². The van der Waals surface area contributed by atoms with E-state index in [2.05, 4.69) is 10.2 Å². The first-order valence-electron chi connectivity index (χ1n) is 9.06. The molecule has 0 aromatic heterocycles. The molecule has 7 heteroatoms. The quantitative estimate of drug-likeness (QED) is 0.690. The van der Waals surface area contributed by atoms with Crippen molar-refractivity contribution in [2.75, 3.05) is 52.4 Å². The molecule has 1 N–H and O–H groups in total. The number of amides is 3.